The van der Waals surface area contributed by atoms with Gasteiger partial charge in [-0.05, 0) is 25.0 Å². The average molecular weight is 193 g/mol. The van der Waals surface area contributed by atoms with Gasteiger partial charge in [-0.15, -0.1) is 5.10 Å². The molecule has 2 rings (SSSR count). The molecule has 1 N–H and O–H groups in total. The quantitative estimate of drug-likeness (QED) is 0.747. The van der Waals surface area contributed by atoms with Crippen molar-refractivity contribution >= 4 is 5.82 Å². The molecular weight excluding hydrogens is 178 g/mol. The molecule has 1 aliphatic rings. The molecule has 0 aromatic carbocycles. The lowest BCUT2D eigenvalue weighted by molar-refractivity contribution is 0.198. The van der Waals surface area contributed by atoms with Crippen molar-refractivity contribution in [3.05, 3.63) is 17.8 Å². The third kappa shape index (κ3) is 1.85. The van der Waals surface area contributed by atoms with Gasteiger partial charge in [0, 0.05) is 13.1 Å². The van der Waals surface area contributed by atoms with Gasteiger partial charge in [-0.1, -0.05) is 6.92 Å². The lowest BCUT2D eigenvalue weighted by atomic mass is 10.3. The largest absolute Gasteiger partial charge is 0.391 e. The van der Waals surface area contributed by atoms with Crippen LogP contribution in [0.25, 0.3) is 0 Å². The van der Waals surface area contributed by atoms with Crippen LogP contribution in [-0.4, -0.2) is 34.5 Å². The Hall–Kier alpha value is -1.16. The van der Waals surface area contributed by atoms with Crippen LogP contribution in [-0.2, 0) is 6.42 Å². The van der Waals surface area contributed by atoms with Crippen LogP contribution in [0.5, 0.6) is 0 Å². The minimum absolute atomic E-state index is 0.206. The molecule has 1 aromatic heterocycles. The van der Waals surface area contributed by atoms with Crippen molar-refractivity contribution in [2.75, 3.05) is 18.0 Å². The number of aliphatic hydroxyl groups is 1. The van der Waals surface area contributed by atoms with E-state index in [0.29, 0.717) is 6.54 Å². The predicted octanol–water partition coefficient (Wildman–Crippen LogP) is 0.610. The van der Waals surface area contributed by atoms with Crippen LogP contribution in [0, 0.1) is 0 Å². The number of aliphatic hydroxyl groups excluding tert-OH is 1. The number of nitrogens with zero attached hydrogens (tertiary/aromatic N) is 3. The highest BCUT2D eigenvalue weighted by Crippen LogP contribution is 2.16. The van der Waals surface area contributed by atoms with E-state index >= 15 is 0 Å². The van der Waals surface area contributed by atoms with E-state index in [1.54, 1.807) is 0 Å². The van der Waals surface area contributed by atoms with Crippen LogP contribution in [0.4, 0.5) is 5.82 Å². The van der Waals surface area contributed by atoms with Crippen molar-refractivity contribution in [2.24, 2.45) is 0 Å². The molecule has 2 heterocycles. The van der Waals surface area contributed by atoms with Gasteiger partial charge in [0.1, 0.15) is 0 Å². The molecule has 1 aliphatic heterocycles. The fraction of sp³-hybridized carbons (Fsp3) is 0.600. The molecule has 1 fully saturated rings. The Morgan fingerprint density at radius 1 is 1.50 bits per heavy atom. The Balaban J connectivity index is 2.09. The van der Waals surface area contributed by atoms with Gasteiger partial charge >= 0.3 is 0 Å². The molecule has 0 bridgehead atoms. The highest BCUT2D eigenvalue weighted by Gasteiger charge is 2.21. The van der Waals surface area contributed by atoms with E-state index < -0.39 is 0 Å². The van der Waals surface area contributed by atoms with Gasteiger partial charge in [0.15, 0.2) is 5.82 Å². The molecule has 0 aliphatic carbocycles. The summed E-state index contributed by atoms with van der Waals surface area (Å²) in [6, 6.07) is 3.97. The van der Waals surface area contributed by atoms with Crippen LogP contribution in [0.2, 0.25) is 0 Å². The van der Waals surface area contributed by atoms with Crippen molar-refractivity contribution < 1.29 is 5.11 Å². The number of β-amino-alcohol motifs (C(OH)–C–C–N with tert-alkyl or cyclic N) is 1. The van der Waals surface area contributed by atoms with E-state index in [1.807, 2.05) is 12.1 Å². The summed E-state index contributed by atoms with van der Waals surface area (Å²) in [7, 11) is 0. The SMILES string of the molecule is CCc1ccc(N2CCC(O)C2)nn1. The molecule has 0 spiro atoms. The van der Waals surface area contributed by atoms with Crippen LogP contribution in [0.15, 0.2) is 12.1 Å². The standard InChI is InChI=1S/C10H15N3O/c1-2-8-3-4-10(12-11-8)13-6-5-9(14)7-13/h3-4,9,14H,2,5-7H2,1H3. The Morgan fingerprint density at radius 3 is 2.86 bits per heavy atom. The second-order valence-electron chi connectivity index (χ2n) is 3.62. The number of anilines is 1. The molecular formula is C10H15N3O. The van der Waals surface area contributed by atoms with E-state index in [9.17, 15) is 5.11 Å². The summed E-state index contributed by atoms with van der Waals surface area (Å²) in [6.07, 6.45) is 1.54. The third-order valence-electron chi connectivity index (χ3n) is 2.56. The zero-order chi connectivity index (χ0) is 9.97. The van der Waals surface area contributed by atoms with Crippen LogP contribution < -0.4 is 4.90 Å². The van der Waals surface area contributed by atoms with E-state index in [0.717, 1.165) is 30.9 Å². The van der Waals surface area contributed by atoms with E-state index in [4.69, 9.17) is 0 Å². The molecule has 1 unspecified atom stereocenters. The minimum Gasteiger partial charge on any atom is -0.391 e. The lowest BCUT2D eigenvalue weighted by Crippen LogP contribution is -2.22. The van der Waals surface area contributed by atoms with E-state index in [-0.39, 0.29) is 6.10 Å². The fourth-order valence-corrected chi connectivity index (χ4v) is 1.66. The molecule has 1 saturated heterocycles. The van der Waals surface area contributed by atoms with Crippen molar-refractivity contribution in [1.82, 2.24) is 10.2 Å². The normalized spacial score (nSPS) is 21.6. The van der Waals surface area contributed by atoms with Gasteiger partial charge < -0.3 is 10.0 Å². The Morgan fingerprint density at radius 2 is 2.36 bits per heavy atom. The smallest absolute Gasteiger partial charge is 0.151 e. The lowest BCUT2D eigenvalue weighted by Gasteiger charge is -2.15. The highest BCUT2D eigenvalue weighted by atomic mass is 16.3. The van der Waals surface area contributed by atoms with Gasteiger partial charge in [-0.2, -0.15) is 5.10 Å². The Labute approximate surface area is 83.6 Å². The van der Waals surface area contributed by atoms with Gasteiger partial charge in [0.25, 0.3) is 0 Å². The molecule has 1 atom stereocenters. The Bertz CT molecular complexity index is 299. The van der Waals surface area contributed by atoms with Crippen molar-refractivity contribution in [3.63, 3.8) is 0 Å². The molecule has 0 saturated carbocycles. The Kier molecular flexibility index (Phi) is 2.63. The zero-order valence-electron chi connectivity index (χ0n) is 8.35. The monoisotopic (exact) mass is 193 g/mol. The van der Waals surface area contributed by atoms with Crippen molar-refractivity contribution in [2.45, 2.75) is 25.9 Å². The minimum atomic E-state index is -0.206. The maximum absolute atomic E-state index is 9.37. The van der Waals surface area contributed by atoms with Gasteiger partial charge in [-0.25, -0.2) is 0 Å². The van der Waals surface area contributed by atoms with E-state index in [2.05, 4.69) is 22.0 Å². The second-order valence-corrected chi connectivity index (χ2v) is 3.62. The second kappa shape index (κ2) is 3.92. The first kappa shape index (κ1) is 9.40. The maximum Gasteiger partial charge on any atom is 0.151 e. The fourth-order valence-electron chi connectivity index (χ4n) is 1.66. The summed E-state index contributed by atoms with van der Waals surface area (Å²) in [5.41, 5.74) is 1.01. The van der Waals surface area contributed by atoms with Gasteiger partial charge in [-0.3, -0.25) is 0 Å². The number of hydrogen-bond acceptors (Lipinski definition) is 4. The summed E-state index contributed by atoms with van der Waals surface area (Å²) in [5, 5.41) is 17.6. The molecule has 76 valence electrons. The predicted molar refractivity (Wildman–Crippen MR) is 54.2 cm³/mol. The van der Waals surface area contributed by atoms with Crippen molar-refractivity contribution in [3.8, 4) is 0 Å². The molecule has 4 heteroatoms. The number of aromatic nitrogens is 2. The summed E-state index contributed by atoms with van der Waals surface area (Å²) in [4.78, 5) is 2.07. The van der Waals surface area contributed by atoms with Crippen LogP contribution >= 0.6 is 0 Å². The topological polar surface area (TPSA) is 49.2 Å². The number of rotatable bonds is 2. The van der Waals surface area contributed by atoms with Crippen molar-refractivity contribution in [1.29, 1.82) is 0 Å². The van der Waals surface area contributed by atoms with E-state index in [1.165, 1.54) is 0 Å². The number of hydrogen-bond donors (Lipinski definition) is 1. The summed E-state index contributed by atoms with van der Waals surface area (Å²) in [5.74, 6) is 0.874. The maximum atomic E-state index is 9.37. The highest BCUT2D eigenvalue weighted by molar-refractivity contribution is 5.38. The van der Waals surface area contributed by atoms with Crippen LogP contribution in [0.1, 0.15) is 19.0 Å². The summed E-state index contributed by atoms with van der Waals surface area (Å²) >= 11 is 0. The van der Waals surface area contributed by atoms with Crippen LogP contribution in [0.3, 0.4) is 0 Å². The number of aryl methyl sites for hydroxylation is 1. The van der Waals surface area contributed by atoms with Gasteiger partial charge in [0.2, 0.25) is 0 Å². The zero-order valence-corrected chi connectivity index (χ0v) is 8.35. The molecule has 1 aromatic rings. The first-order chi connectivity index (χ1) is 6.79. The van der Waals surface area contributed by atoms with Gasteiger partial charge in [0.05, 0.1) is 11.8 Å². The molecule has 4 nitrogen and oxygen atoms in total. The summed E-state index contributed by atoms with van der Waals surface area (Å²) in [6.45, 7) is 3.62. The first-order valence-electron chi connectivity index (χ1n) is 5.05. The molecule has 14 heavy (non-hydrogen) atoms. The first-order valence-corrected chi connectivity index (χ1v) is 5.05. The third-order valence-corrected chi connectivity index (χ3v) is 2.56. The average Bonchev–Trinajstić information content (AvgIpc) is 2.65. The summed E-state index contributed by atoms with van der Waals surface area (Å²) < 4.78 is 0. The molecule has 0 amide bonds. The molecule has 0 radical (unpaired) electrons.